The number of hydrogen-bond acceptors (Lipinski definition) is 2. The molecule has 0 radical (unpaired) electrons. The fourth-order valence-electron chi connectivity index (χ4n) is 7.63. The van der Waals surface area contributed by atoms with Gasteiger partial charge in [-0.1, -0.05) is 161 Å². The Balaban J connectivity index is 1.28. The largest absolute Gasteiger partial charge is 0.457 e. The first kappa shape index (κ1) is 39.4. The van der Waals surface area contributed by atoms with Crippen molar-refractivity contribution in [2.75, 3.05) is 0 Å². The van der Waals surface area contributed by atoms with E-state index < -0.39 is 0 Å². The van der Waals surface area contributed by atoms with Crippen molar-refractivity contribution in [3.05, 3.63) is 204 Å². The van der Waals surface area contributed by atoms with Gasteiger partial charge in [-0.3, -0.25) is 0 Å². The van der Waals surface area contributed by atoms with E-state index in [0.29, 0.717) is 5.03 Å². The second-order valence-electron chi connectivity index (χ2n) is 15.6. The minimum atomic E-state index is -0.0920. The molecule has 6 rings (SSSR count). The molecule has 0 spiro atoms. The molecule has 0 aliphatic heterocycles. The first-order chi connectivity index (χ1) is 26.6. The summed E-state index contributed by atoms with van der Waals surface area (Å²) in [5.41, 5.74) is 7.20. The Morgan fingerprint density at radius 2 is 1.20 bits per heavy atom. The lowest BCUT2D eigenvalue weighted by Gasteiger charge is -2.36. The van der Waals surface area contributed by atoms with Gasteiger partial charge >= 0.3 is 0 Å². The molecule has 6 aromatic rings. The smallest absolute Gasteiger partial charge is 0.127 e. The van der Waals surface area contributed by atoms with Gasteiger partial charge in [0.1, 0.15) is 23.0 Å². The summed E-state index contributed by atoms with van der Waals surface area (Å²) in [5.74, 6) is 3.70. The lowest BCUT2D eigenvalue weighted by Crippen LogP contribution is -2.27. The fourth-order valence-corrected chi connectivity index (χ4v) is 7.75. The summed E-state index contributed by atoms with van der Waals surface area (Å²) < 4.78 is 12.6. The molecule has 0 bridgehead atoms. The second-order valence-corrected chi connectivity index (χ2v) is 16.1. The van der Waals surface area contributed by atoms with E-state index in [1.807, 2.05) is 72.8 Å². The van der Waals surface area contributed by atoms with Gasteiger partial charge in [0.25, 0.3) is 0 Å². The molecule has 0 heterocycles. The lowest BCUT2D eigenvalue weighted by molar-refractivity contribution is 0.326. The van der Waals surface area contributed by atoms with Crippen molar-refractivity contribution in [2.24, 2.45) is 0 Å². The van der Waals surface area contributed by atoms with Crippen LogP contribution in [-0.2, 0) is 17.3 Å². The van der Waals surface area contributed by atoms with E-state index in [1.54, 1.807) is 0 Å². The Labute approximate surface area is 334 Å². The average molecular weight is 745 g/mol. The number of para-hydroxylation sites is 2. The van der Waals surface area contributed by atoms with Crippen LogP contribution >= 0.6 is 11.6 Å². The Hall–Kier alpha value is -5.31. The van der Waals surface area contributed by atoms with Crippen LogP contribution in [0.2, 0.25) is 0 Å². The van der Waals surface area contributed by atoms with E-state index >= 15 is 0 Å². The Kier molecular flexibility index (Phi) is 13.1. The van der Waals surface area contributed by atoms with Gasteiger partial charge in [0.2, 0.25) is 0 Å². The van der Waals surface area contributed by atoms with Crippen molar-refractivity contribution in [1.82, 2.24) is 0 Å². The Morgan fingerprint density at radius 3 is 1.80 bits per heavy atom. The highest BCUT2D eigenvalue weighted by atomic mass is 35.5. The zero-order chi connectivity index (χ0) is 38.7. The lowest BCUT2D eigenvalue weighted by atomic mass is 9.68. The molecule has 2 unspecified atom stereocenters. The van der Waals surface area contributed by atoms with Gasteiger partial charge in [-0.05, 0) is 137 Å². The Bertz CT molecular complexity index is 2140. The van der Waals surface area contributed by atoms with E-state index in [0.717, 1.165) is 72.6 Å². The van der Waals surface area contributed by atoms with Crippen LogP contribution in [0.3, 0.4) is 0 Å². The predicted octanol–water partition coefficient (Wildman–Crippen LogP) is 15.3. The maximum Gasteiger partial charge on any atom is 0.127 e. The normalized spacial score (nSPS) is 13.0. The van der Waals surface area contributed by atoms with E-state index in [4.69, 9.17) is 21.1 Å². The number of benzene rings is 6. The van der Waals surface area contributed by atoms with Gasteiger partial charge in [-0.2, -0.15) is 0 Å². The van der Waals surface area contributed by atoms with Gasteiger partial charge in [-0.25, -0.2) is 0 Å². The van der Waals surface area contributed by atoms with Crippen molar-refractivity contribution in [2.45, 2.75) is 76.0 Å². The zero-order valence-electron chi connectivity index (χ0n) is 32.5. The van der Waals surface area contributed by atoms with E-state index in [1.165, 1.54) is 22.3 Å². The van der Waals surface area contributed by atoms with Crippen LogP contribution in [0.1, 0.15) is 92.2 Å². The number of rotatable bonds is 18. The van der Waals surface area contributed by atoms with Gasteiger partial charge in [0, 0.05) is 5.03 Å². The molecule has 55 heavy (non-hydrogen) atoms. The van der Waals surface area contributed by atoms with E-state index in [-0.39, 0.29) is 16.7 Å². The fraction of sp³-hybridized carbons (Fsp3) is 0.231. The number of halogens is 1. The molecule has 2 nitrogen and oxygen atoms in total. The maximum atomic E-state index is 6.38. The van der Waals surface area contributed by atoms with Crippen LogP contribution in [0.15, 0.2) is 171 Å². The molecule has 0 saturated heterocycles. The van der Waals surface area contributed by atoms with Gasteiger partial charge < -0.3 is 9.47 Å². The SMILES string of the molecule is C=Cc1ccc(C(C)(CCCc2cccc(Oc3ccccc3)c2)CC(CCC(C)(C)c2ccc(C(=C)Cl)cc2)c2cccc(Oc3ccccc3)c2)cc1. The molecule has 0 fully saturated rings. The van der Waals surface area contributed by atoms with Crippen LogP contribution < -0.4 is 9.47 Å². The van der Waals surface area contributed by atoms with Crippen LogP contribution in [0, 0.1) is 0 Å². The van der Waals surface area contributed by atoms with Crippen molar-refractivity contribution in [3.63, 3.8) is 0 Å². The third kappa shape index (κ3) is 10.9. The van der Waals surface area contributed by atoms with E-state index in [2.05, 4.69) is 125 Å². The minimum Gasteiger partial charge on any atom is -0.457 e. The number of aryl methyl sites for hydroxylation is 1. The molecule has 0 N–H and O–H groups in total. The molecule has 2 atom stereocenters. The molecular formula is C52H53ClO2. The summed E-state index contributed by atoms with van der Waals surface area (Å²) in [7, 11) is 0. The first-order valence-corrected chi connectivity index (χ1v) is 19.8. The molecule has 0 saturated carbocycles. The second kappa shape index (κ2) is 18.3. The van der Waals surface area contributed by atoms with Crippen molar-refractivity contribution in [3.8, 4) is 23.0 Å². The molecule has 0 amide bonds. The summed E-state index contributed by atoms with van der Waals surface area (Å²) in [6, 6.07) is 54.9. The van der Waals surface area contributed by atoms with Crippen molar-refractivity contribution in [1.29, 1.82) is 0 Å². The average Bonchev–Trinajstić information content (AvgIpc) is 3.20. The van der Waals surface area contributed by atoms with Crippen LogP contribution in [0.5, 0.6) is 23.0 Å². The molecule has 0 aliphatic carbocycles. The summed E-state index contributed by atoms with van der Waals surface area (Å²) in [6.07, 6.45) is 8.00. The standard InChI is InChI=1S/C52H53ClO2/c1-6-40-25-29-46(30-26-40)52(5,34-15-17-41-16-13-23-49(36-41)54-47-19-9-7-10-20-47)38-44(33-35-51(3,4)45-31-27-42(28-32-45)39(2)53)43-18-14-24-50(37-43)55-48-21-11-8-12-22-48/h6-14,16,18-32,36-37,44H,1-2,15,17,33-35,38H2,3-5H3. The first-order valence-electron chi connectivity index (χ1n) is 19.4. The minimum absolute atomic E-state index is 0.0442. The summed E-state index contributed by atoms with van der Waals surface area (Å²) in [5, 5.41) is 0.565. The quantitative estimate of drug-likeness (QED) is 0.0872. The number of ether oxygens (including phenoxy) is 2. The van der Waals surface area contributed by atoms with Gasteiger partial charge in [0.05, 0.1) is 0 Å². The number of hydrogen-bond donors (Lipinski definition) is 0. The third-order valence-corrected chi connectivity index (χ3v) is 11.2. The summed E-state index contributed by atoms with van der Waals surface area (Å²) in [6.45, 7) is 15.1. The van der Waals surface area contributed by atoms with Gasteiger partial charge in [-0.15, -0.1) is 0 Å². The third-order valence-electron chi connectivity index (χ3n) is 11.0. The highest BCUT2D eigenvalue weighted by Crippen LogP contribution is 2.44. The summed E-state index contributed by atoms with van der Waals surface area (Å²) >= 11 is 6.23. The molecular weight excluding hydrogens is 692 g/mol. The maximum absolute atomic E-state index is 6.38. The molecule has 0 aliphatic rings. The van der Waals surface area contributed by atoms with Crippen LogP contribution in [0.25, 0.3) is 11.1 Å². The molecule has 3 heteroatoms. The van der Waals surface area contributed by atoms with Crippen molar-refractivity contribution >= 4 is 22.7 Å². The van der Waals surface area contributed by atoms with Crippen LogP contribution in [-0.4, -0.2) is 0 Å². The van der Waals surface area contributed by atoms with Crippen LogP contribution in [0.4, 0.5) is 0 Å². The van der Waals surface area contributed by atoms with Crippen molar-refractivity contribution < 1.29 is 9.47 Å². The monoisotopic (exact) mass is 744 g/mol. The van der Waals surface area contributed by atoms with E-state index in [9.17, 15) is 0 Å². The highest BCUT2D eigenvalue weighted by Gasteiger charge is 2.32. The Morgan fingerprint density at radius 1 is 0.636 bits per heavy atom. The molecule has 0 aromatic heterocycles. The molecule has 6 aromatic carbocycles. The predicted molar refractivity (Wildman–Crippen MR) is 234 cm³/mol. The topological polar surface area (TPSA) is 18.5 Å². The summed E-state index contributed by atoms with van der Waals surface area (Å²) in [4.78, 5) is 0. The zero-order valence-corrected chi connectivity index (χ0v) is 33.3. The highest BCUT2D eigenvalue weighted by molar-refractivity contribution is 6.48. The molecule has 280 valence electrons. The van der Waals surface area contributed by atoms with Gasteiger partial charge in [0.15, 0.2) is 0 Å².